The number of Topliss-reactive ketones (excluding diaryl/α,β-unsaturated/α-hetero) is 1. The largest absolute Gasteiger partial charge is 0.507 e. The molecule has 0 aliphatic carbocycles. The van der Waals surface area contributed by atoms with E-state index in [1.54, 1.807) is 6.07 Å². The topological polar surface area (TPSA) is 99.5 Å². The average molecular weight is 445 g/mol. The van der Waals surface area contributed by atoms with Crippen molar-refractivity contribution in [1.82, 2.24) is 9.80 Å². The first-order valence-corrected chi connectivity index (χ1v) is 10.9. The number of phenolic OH excluding ortho intramolecular Hbond substituents is 1. The Kier molecular flexibility index (Phi) is 6.26. The summed E-state index contributed by atoms with van der Waals surface area (Å²) in [5.41, 5.74) is 0.0587. The zero-order valence-electron chi connectivity index (χ0n) is 17.1. The first-order valence-electron chi connectivity index (χ1n) is 10.0. The Hall–Kier alpha value is -2.88. The quantitative estimate of drug-likeness (QED) is 0.400. The number of carbonyl (C=O) groups is 2. The molecule has 31 heavy (non-hydrogen) atoms. The number of amides is 1. The molecular weight excluding hydrogens is 420 g/mol. The van der Waals surface area contributed by atoms with E-state index in [9.17, 15) is 19.8 Å². The number of morpholine rings is 1. The van der Waals surface area contributed by atoms with Crippen molar-refractivity contribution in [1.29, 1.82) is 0 Å². The standard InChI is InChI=1S/C22H24N2O6S/c1-29-14-4-5-15(16(25)13-14)20(26)18-19(17-3-2-12-31-17)24(22(28)21(18)27)7-6-23-8-10-30-11-9-23/h2-5,12-13,19,25-26H,6-11H2,1H3/b20-18+. The van der Waals surface area contributed by atoms with Gasteiger partial charge in [-0.1, -0.05) is 6.07 Å². The highest BCUT2D eigenvalue weighted by atomic mass is 32.1. The smallest absolute Gasteiger partial charge is 0.295 e. The molecule has 4 rings (SSSR count). The summed E-state index contributed by atoms with van der Waals surface area (Å²) >= 11 is 1.41. The first kappa shape index (κ1) is 21.4. The maximum Gasteiger partial charge on any atom is 0.295 e. The highest BCUT2D eigenvalue weighted by Gasteiger charge is 2.46. The van der Waals surface area contributed by atoms with Gasteiger partial charge >= 0.3 is 0 Å². The normalized spacial score (nSPS) is 21.6. The molecule has 1 aromatic heterocycles. The number of thiophene rings is 1. The lowest BCUT2D eigenvalue weighted by atomic mass is 9.99. The van der Waals surface area contributed by atoms with Gasteiger partial charge < -0.3 is 24.6 Å². The van der Waals surface area contributed by atoms with Crippen molar-refractivity contribution in [2.75, 3.05) is 46.5 Å². The first-order chi connectivity index (χ1) is 15.0. The van der Waals surface area contributed by atoms with Gasteiger partial charge in [-0.3, -0.25) is 14.5 Å². The Balaban J connectivity index is 1.71. The van der Waals surface area contributed by atoms with Gasteiger partial charge in [0.1, 0.15) is 17.3 Å². The zero-order chi connectivity index (χ0) is 22.0. The minimum atomic E-state index is -0.756. The number of aromatic hydroxyl groups is 1. The minimum absolute atomic E-state index is 0.0186. The van der Waals surface area contributed by atoms with Crippen LogP contribution in [0.15, 0.2) is 41.3 Å². The van der Waals surface area contributed by atoms with E-state index in [1.165, 1.54) is 35.5 Å². The molecule has 2 aliphatic heterocycles. The number of rotatable bonds is 6. The molecule has 2 saturated heterocycles. The van der Waals surface area contributed by atoms with Gasteiger partial charge in [0.15, 0.2) is 0 Å². The van der Waals surface area contributed by atoms with E-state index in [2.05, 4.69) is 4.90 Å². The van der Waals surface area contributed by atoms with Gasteiger partial charge in [-0.2, -0.15) is 0 Å². The van der Waals surface area contributed by atoms with E-state index in [0.717, 1.165) is 18.0 Å². The molecule has 9 heteroatoms. The number of ketones is 1. The predicted molar refractivity (Wildman–Crippen MR) is 115 cm³/mol. The van der Waals surface area contributed by atoms with Gasteiger partial charge in [0.2, 0.25) is 0 Å². The molecule has 0 spiro atoms. The molecule has 0 saturated carbocycles. The molecule has 2 fully saturated rings. The molecule has 0 bridgehead atoms. The van der Waals surface area contributed by atoms with Crippen molar-refractivity contribution in [2.24, 2.45) is 0 Å². The van der Waals surface area contributed by atoms with E-state index in [0.29, 0.717) is 32.1 Å². The van der Waals surface area contributed by atoms with Gasteiger partial charge in [-0.25, -0.2) is 0 Å². The van der Waals surface area contributed by atoms with Crippen molar-refractivity contribution >= 4 is 28.8 Å². The molecule has 2 N–H and O–H groups in total. The summed E-state index contributed by atoms with van der Waals surface area (Å²) in [4.78, 5) is 30.4. The van der Waals surface area contributed by atoms with Crippen LogP contribution >= 0.6 is 11.3 Å². The van der Waals surface area contributed by atoms with Crippen LogP contribution in [0.2, 0.25) is 0 Å². The molecule has 1 amide bonds. The van der Waals surface area contributed by atoms with Crippen molar-refractivity contribution < 1.29 is 29.3 Å². The van der Waals surface area contributed by atoms with Gasteiger partial charge in [0.05, 0.1) is 37.5 Å². The second-order valence-corrected chi connectivity index (χ2v) is 8.32. The fourth-order valence-corrected chi connectivity index (χ4v) is 4.76. The van der Waals surface area contributed by atoms with E-state index in [-0.39, 0.29) is 16.9 Å². The van der Waals surface area contributed by atoms with Crippen molar-refractivity contribution in [3.05, 3.63) is 51.7 Å². The molecule has 2 aromatic rings. The number of nitrogens with zero attached hydrogens (tertiary/aromatic N) is 2. The summed E-state index contributed by atoms with van der Waals surface area (Å²) in [6.45, 7) is 3.78. The van der Waals surface area contributed by atoms with Crippen molar-refractivity contribution in [3.8, 4) is 11.5 Å². The molecule has 3 heterocycles. The van der Waals surface area contributed by atoms with E-state index >= 15 is 0 Å². The summed E-state index contributed by atoms with van der Waals surface area (Å²) in [7, 11) is 1.46. The van der Waals surface area contributed by atoms with Crippen LogP contribution in [-0.2, 0) is 14.3 Å². The monoisotopic (exact) mass is 444 g/mol. The minimum Gasteiger partial charge on any atom is -0.507 e. The zero-order valence-corrected chi connectivity index (χ0v) is 17.9. The van der Waals surface area contributed by atoms with E-state index in [4.69, 9.17) is 9.47 Å². The SMILES string of the molecule is COc1ccc(/C(O)=C2\C(=O)C(=O)N(CCN3CCOCC3)C2c2cccs2)c(O)c1. The lowest BCUT2D eigenvalue weighted by Crippen LogP contribution is -2.42. The summed E-state index contributed by atoms with van der Waals surface area (Å²) in [5, 5.41) is 23.2. The Morgan fingerprint density at radius 1 is 1.23 bits per heavy atom. The average Bonchev–Trinajstić information content (AvgIpc) is 3.40. The van der Waals surface area contributed by atoms with Crippen molar-refractivity contribution in [3.63, 3.8) is 0 Å². The van der Waals surface area contributed by atoms with Gasteiger partial charge in [-0.15, -0.1) is 11.3 Å². The van der Waals surface area contributed by atoms with Crippen LogP contribution in [0.1, 0.15) is 16.5 Å². The number of carbonyl (C=O) groups excluding carboxylic acids is 2. The lowest BCUT2D eigenvalue weighted by molar-refractivity contribution is -0.140. The van der Waals surface area contributed by atoms with Crippen LogP contribution in [0.4, 0.5) is 0 Å². The van der Waals surface area contributed by atoms with Crippen LogP contribution in [0.3, 0.4) is 0 Å². The van der Waals surface area contributed by atoms with E-state index in [1.807, 2.05) is 17.5 Å². The second kappa shape index (κ2) is 9.09. The van der Waals surface area contributed by atoms with Crippen LogP contribution in [-0.4, -0.2) is 78.2 Å². The maximum atomic E-state index is 13.0. The number of phenols is 1. The predicted octanol–water partition coefficient (Wildman–Crippen LogP) is 2.22. The Bertz CT molecular complexity index is 997. The summed E-state index contributed by atoms with van der Waals surface area (Å²) in [6, 6.07) is 7.36. The molecular formula is C22H24N2O6S. The van der Waals surface area contributed by atoms with Crippen LogP contribution in [0.5, 0.6) is 11.5 Å². The Morgan fingerprint density at radius 2 is 2.00 bits per heavy atom. The fraction of sp³-hybridized carbons (Fsp3) is 0.364. The third-order valence-corrected chi connectivity index (χ3v) is 6.50. The highest BCUT2D eigenvalue weighted by Crippen LogP contribution is 2.42. The van der Waals surface area contributed by atoms with Crippen LogP contribution < -0.4 is 4.74 Å². The number of hydrogen-bond donors (Lipinski definition) is 2. The van der Waals surface area contributed by atoms with Gasteiger partial charge in [0, 0.05) is 37.1 Å². The summed E-state index contributed by atoms with van der Waals surface area (Å²) in [6.07, 6.45) is 0. The Morgan fingerprint density at radius 3 is 2.65 bits per heavy atom. The molecule has 0 radical (unpaired) electrons. The summed E-state index contributed by atoms with van der Waals surface area (Å²) in [5.74, 6) is -1.63. The molecule has 8 nitrogen and oxygen atoms in total. The number of hydrogen-bond acceptors (Lipinski definition) is 8. The Labute approximate surface area is 183 Å². The number of benzene rings is 1. The number of aliphatic hydroxyl groups is 1. The molecule has 2 aliphatic rings. The van der Waals surface area contributed by atoms with Crippen LogP contribution in [0, 0.1) is 0 Å². The van der Waals surface area contributed by atoms with Crippen molar-refractivity contribution in [2.45, 2.75) is 6.04 Å². The third kappa shape index (κ3) is 4.16. The number of aliphatic hydroxyl groups excluding tert-OH is 1. The molecule has 1 aromatic carbocycles. The number of methoxy groups -OCH3 is 1. The molecule has 164 valence electrons. The van der Waals surface area contributed by atoms with Crippen LogP contribution in [0.25, 0.3) is 5.76 Å². The van der Waals surface area contributed by atoms with Gasteiger partial charge in [-0.05, 0) is 23.6 Å². The van der Waals surface area contributed by atoms with E-state index < -0.39 is 23.5 Å². The second-order valence-electron chi connectivity index (χ2n) is 7.35. The summed E-state index contributed by atoms with van der Waals surface area (Å²) < 4.78 is 10.4. The third-order valence-electron chi connectivity index (χ3n) is 5.57. The maximum absolute atomic E-state index is 13.0. The number of likely N-dealkylation sites (tertiary alicyclic amines) is 1. The number of ether oxygens (including phenoxy) is 2. The van der Waals surface area contributed by atoms with Gasteiger partial charge in [0.25, 0.3) is 11.7 Å². The molecule has 1 atom stereocenters. The molecule has 1 unspecified atom stereocenters. The fourth-order valence-electron chi connectivity index (χ4n) is 3.91. The lowest BCUT2D eigenvalue weighted by Gasteiger charge is -2.30. The highest BCUT2D eigenvalue weighted by molar-refractivity contribution is 7.10.